The summed E-state index contributed by atoms with van der Waals surface area (Å²) in [7, 11) is 0. The van der Waals surface area contributed by atoms with Crippen LogP contribution in [0.25, 0.3) is 32.9 Å². The van der Waals surface area contributed by atoms with Crippen molar-refractivity contribution in [2.45, 2.75) is 37.8 Å². The molecule has 38 heavy (non-hydrogen) atoms. The minimum Gasteiger partial charge on any atom is -0.364 e. The quantitative estimate of drug-likeness (QED) is 0.256. The van der Waals surface area contributed by atoms with Crippen molar-refractivity contribution in [2.75, 3.05) is 5.32 Å². The fourth-order valence-corrected chi connectivity index (χ4v) is 7.26. The third-order valence-corrected chi connectivity index (χ3v) is 9.06. The highest BCUT2D eigenvalue weighted by atomic mass is 15.2. The van der Waals surface area contributed by atoms with Gasteiger partial charge >= 0.3 is 0 Å². The predicted octanol–water partition coefficient (Wildman–Crippen LogP) is 9.05. The van der Waals surface area contributed by atoms with Gasteiger partial charge < -0.3 is 9.88 Å². The summed E-state index contributed by atoms with van der Waals surface area (Å²) in [5.41, 5.74) is 12.2. The minimum absolute atomic E-state index is 0.0349. The standard InChI is InChI=1S/C36H30N2/c1-36(2)29-17-9-7-16-27(29)33-30(36)21-20-26-25-15-8-11-19-32(25)38(34(26)33)35-28(23-12-4-3-5-13-23)22-24-14-6-10-18-31(24)37-35/h3-21,28,35,37H,22H2,1-2H3. The number of benzene rings is 5. The molecule has 0 spiro atoms. The van der Waals surface area contributed by atoms with Gasteiger partial charge in [-0.1, -0.05) is 117 Å². The van der Waals surface area contributed by atoms with Crippen LogP contribution in [0.2, 0.25) is 0 Å². The molecule has 1 aliphatic heterocycles. The highest BCUT2D eigenvalue weighted by molar-refractivity contribution is 6.14. The van der Waals surface area contributed by atoms with Crippen molar-refractivity contribution in [3.63, 3.8) is 0 Å². The number of hydrogen-bond donors (Lipinski definition) is 1. The molecule has 1 aliphatic carbocycles. The van der Waals surface area contributed by atoms with Gasteiger partial charge in [0.15, 0.2) is 0 Å². The molecule has 5 aromatic carbocycles. The summed E-state index contributed by atoms with van der Waals surface area (Å²) in [5, 5.41) is 6.68. The maximum Gasteiger partial charge on any atom is 0.111 e. The van der Waals surface area contributed by atoms with E-state index in [1.807, 2.05) is 0 Å². The molecule has 2 heteroatoms. The summed E-state index contributed by atoms with van der Waals surface area (Å²) in [6, 6.07) is 42.6. The molecule has 8 rings (SSSR count). The molecule has 0 saturated heterocycles. The van der Waals surface area contributed by atoms with Crippen molar-refractivity contribution in [3.05, 3.63) is 138 Å². The van der Waals surface area contributed by atoms with Gasteiger partial charge in [-0.2, -0.15) is 0 Å². The first kappa shape index (κ1) is 21.8. The van der Waals surface area contributed by atoms with E-state index in [1.54, 1.807) is 0 Å². The van der Waals surface area contributed by atoms with Gasteiger partial charge in [-0.3, -0.25) is 0 Å². The smallest absolute Gasteiger partial charge is 0.111 e. The number of aromatic nitrogens is 1. The Bertz CT molecular complexity index is 1860. The largest absolute Gasteiger partial charge is 0.364 e. The number of rotatable bonds is 2. The van der Waals surface area contributed by atoms with Crippen LogP contribution in [0.4, 0.5) is 5.69 Å². The van der Waals surface area contributed by atoms with Crippen LogP contribution in [0.1, 0.15) is 48.2 Å². The van der Waals surface area contributed by atoms with E-state index in [1.165, 1.54) is 60.9 Å². The van der Waals surface area contributed by atoms with Crippen molar-refractivity contribution < 1.29 is 0 Å². The zero-order valence-electron chi connectivity index (χ0n) is 21.8. The molecular formula is C36H30N2. The van der Waals surface area contributed by atoms with Gasteiger partial charge in [0, 0.05) is 33.4 Å². The Morgan fingerprint density at radius 3 is 2.32 bits per heavy atom. The molecule has 6 aromatic rings. The molecule has 184 valence electrons. The maximum absolute atomic E-state index is 4.03. The van der Waals surface area contributed by atoms with Crippen LogP contribution in [-0.2, 0) is 11.8 Å². The highest BCUT2D eigenvalue weighted by Gasteiger charge is 2.39. The average Bonchev–Trinajstić information content (AvgIpc) is 3.42. The van der Waals surface area contributed by atoms with Crippen molar-refractivity contribution >= 4 is 27.5 Å². The fraction of sp³-hybridized carbons (Fsp3) is 0.167. The summed E-state index contributed by atoms with van der Waals surface area (Å²) in [4.78, 5) is 0. The summed E-state index contributed by atoms with van der Waals surface area (Å²) >= 11 is 0. The van der Waals surface area contributed by atoms with Gasteiger partial charge in [0.2, 0.25) is 0 Å². The average molecular weight is 491 g/mol. The maximum atomic E-state index is 4.03. The molecule has 2 atom stereocenters. The molecular weight excluding hydrogens is 460 g/mol. The van der Waals surface area contributed by atoms with E-state index < -0.39 is 0 Å². The molecule has 2 aliphatic rings. The molecule has 2 heterocycles. The van der Waals surface area contributed by atoms with Crippen LogP contribution >= 0.6 is 0 Å². The van der Waals surface area contributed by atoms with Crippen LogP contribution in [0, 0.1) is 0 Å². The molecule has 1 aromatic heterocycles. The van der Waals surface area contributed by atoms with Gasteiger partial charge in [-0.15, -0.1) is 0 Å². The number of fused-ring (bicyclic) bond motifs is 8. The Morgan fingerprint density at radius 2 is 1.42 bits per heavy atom. The molecule has 0 saturated carbocycles. The molecule has 0 radical (unpaired) electrons. The van der Waals surface area contributed by atoms with Crippen LogP contribution in [0.3, 0.4) is 0 Å². The summed E-state index contributed by atoms with van der Waals surface area (Å²) in [5.74, 6) is 0.297. The fourth-order valence-electron chi connectivity index (χ4n) is 7.26. The number of para-hydroxylation sites is 2. The first-order chi connectivity index (χ1) is 18.6. The zero-order chi connectivity index (χ0) is 25.4. The SMILES string of the molecule is CC1(C)c2ccccc2-c2c1ccc1c3ccccc3n(C3Nc4ccccc4CC3c3ccccc3)c21. The lowest BCUT2D eigenvalue weighted by Gasteiger charge is -2.37. The van der Waals surface area contributed by atoms with Crippen molar-refractivity contribution in [3.8, 4) is 11.1 Å². The van der Waals surface area contributed by atoms with Gasteiger partial charge in [-0.05, 0) is 46.4 Å². The normalized spacial score (nSPS) is 19.1. The van der Waals surface area contributed by atoms with E-state index >= 15 is 0 Å². The second-order valence-corrected chi connectivity index (χ2v) is 11.4. The summed E-state index contributed by atoms with van der Waals surface area (Å²) in [6.45, 7) is 4.75. The Balaban J connectivity index is 1.49. The zero-order valence-corrected chi connectivity index (χ0v) is 21.8. The molecule has 0 fully saturated rings. The van der Waals surface area contributed by atoms with E-state index in [9.17, 15) is 0 Å². The topological polar surface area (TPSA) is 17.0 Å². The number of nitrogens with zero attached hydrogens (tertiary/aromatic N) is 1. The summed E-state index contributed by atoms with van der Waals surface area (Å²) < 4.78 is 2.63. The molecule has 0 bridgehead atoms. The van der Waals surface area contributed by atoms with Gasteiger partial charge in [0.05, 0.1) is 11.0 Å². The van der Waals surface area contributed by atoms with E-state index in [0.29, 0.717) is 5.92 Å². The van der Waals surface area contributed by atoms with E-state index in [4.69, 9.17) is 0 Å². The highest BCUT2D eigenvalue weighted by Crippen LogP contribution is 2.54. The number of anilines is 1. The van der Waals surface area contributed by atoms with Crippen LogP contribution in [0.15, 0.2) is 115 Å². The Morgan fingerprint density at radius 1 is 0.684 bits per heavy atom. The number of nitrogens with one attached hydrogen (secondary N) is 1. The molecule has 2 nitrogen and oxygen atoms in total. The molecule has 2 unspecified atom stereocenters. The van der Waals surface area contributed by atoms with Crippen LogP contribution in [-0.4, -0.2) is 4.57 Å². The first-order valence-corrected chi connectivity index (χ1v) is 13.7. The monoisotopic (exact) mass is 490 g/mol. The van der Waals surface area contributed by atoms with Crippen molar-refractivity contribution in [1.29, 1.82) is 0 Å². The Kier molecular flexibility index (Phi) is 4.49. The van der Waals surface area contributed by atoms with Crippen LogP contribution in [0.5, 0.6) is 0 Å². The van der Waals surface area contributed by atoms with Crippen molar-refractivity contribution in [1.82, 2.24) is 4.57 Å². The second-order valence-electron chi connectivity index (χ2n) is 11.4. The number of hydrogen-bond acceptors (Lipinski definition) is 1. The third kappa shape index (κ3) is 2.89. The van der Waals surface area contributed by atoms with Gasteiger partial charge in [-0.25, -0.2) is 0 Å². The molecule has 1 N–H and O–H groups in total. The van der Waals surface area contributed by atoms with Gasteiger partial charge in [0.1, 0.15) is 6.17 Å². The third-order valence-electron chi connectivity index (χ3n) is 9.06. The van der Waals surface area contributed by atoms with E-state index in [2.05, 4.69) is 139 Å². The van der Waals surface area contributed by atoms with Crippen molar-refractivity contribution in [2.24, 2.45) is 0 Å². The Labute approximate surface area is 223 Å². The minimum atomic E-state index is -0.0349. The lowest BCUT2D eigenvalue weighted by Crippen LogP contribution is -2.31. The summed E-state index contributed by atoms with van der Waals surface area (Å²) in [6.07, 6.45) is 1.08. The lowest BCUT2D eigenvalue weighted by atomic mass is 9.82. The lowest BCUT2D eigenvalue weighted by molar-refractivity contribution is 0.459. The predicted molar refractivity (Wildman–Crippen MR) is 159 cm³/mol. The van der Waals surface area contributed by atoms with Crippen LogP contribution < -0.4 is 5.32 Å². The van der Waals surface area contributed by atoms with E-state index in [-0.39, 0.29) is 11.6 Å². The Hall–Kier alpha value is -4.30. The van der Waals surface area contributed by atoms with E-state index in [0.717, 1.165) is 6.42 Å². The first-order valence-electron chi connectivity index (χ1n) is 13.7. The van der Waals surface area contributed by atoms with Gasteiger partial charge in [0.25, 0.3) is 0 Å². The molecule has 0 amide bonds. The second kappa shape index (κ2) is 7.85.